The largest absolute Gasteiger partial charge is 0.350 e. The van der Waals surface area contributed by atoms with Gasteiger partial charge in [0, 0.05) is 25.4 Å². The number of benzene rings is 1. The molecule has 1 heterocycles. The zero-order valence-corrected chi connectivity index (χ0v) is 22.7. The van der Waals surface area contributed by atoms with E-state index in [2.05, 4.69) is 48.5 Å². The molecule has 2 atom stereocenters. The fourth-order valence-corrected chi connectivity index (χ4v) is 5.69. The average Bonchev–Trinajstić information content (AvgIpc) is 3.31. The number of rotatable bonds is 11. The molecule has 9 heteroatoms. The maximum Gasteiger partial charge on any atom is 0.261 e. The fourth-order valence-electron chi connectivity index (χ4n) is 4.63. The van der Waals surface area contributed by atoms with Crippen LogP contribution in [0.25, 0.3) is 10.2 Å². The van der Waals surface area contributed by atoms with Crippen LogP contribution in [0, 0.1) is 17.2 Å². The zero-order valence-electron chi connectivity index (χ0n) is 21.9. The van der Waals surface area contributed by atoms with Gasteiger partial charge in [-0.15, -0.1) is 11.3 Å². The van der Waals surface area contributed by atoms with Gasteiger partial charge in [0.2, 0.25) is 11.8 Å². The van der Waals surface area contributed by atoms with Gasteiger partial charge in [-0.3, -0.25) is 14.4 Å². The Kier molecular flexibility index (Phi) is 10.2. The Labute approximate surface area is 222 Å². The first-order valence-electron chi connectivity index (χ1n) is 13.1. The second-order valence-electron chi connectivity index (χ2n) is 9.98. The highest BCUT2D eigenvalue weighted by molar-refractivity contribution is 7.18. The van der Waals surface area contributed by atoms with Crippen LogP contribution in [0.3, 0.4) is 0 Å². The van der Waals surface area contributed by atoms with E-state index in [4.69, 9.17) is 10.2 Å². The third-order valence-electron chi connectivity index (χ3n) is 6.91. The highest BCUT2D eigenvalue weighted by atomic mass is 32.1. The molecule has 1 fully saturated rings. The quantitative estimate of drug-likeness (QED) is 0.302. The first kappa shape index (κ1) is 28.3. The van der Waals surface area contributed by atoms with Gasteiger partial charge in [-0.1, -0.05) is 52.7 Å². The highest BCUT2D eigenvalue weighted by Crippen LogP contribution is 2.28. The van der Waals surface area contributed by atoms with Crippen molar-refractivity contribution in [2.75, 3.05) is 6.54 Å². The van der Waals surface area contributed by atoms with Crippen molar-refractivity contribution in [3.63, 3.8) is 0 Å². The third-order valence-corrected chi connectivity index (χ3v) is 7.95. The molecule has 3 rings (SSSR count). The summed E-state index contributed by atoms with van der Waals surface area (Å²) in [6.45, 7) is 9.69. The highest BCUT2D eigenvalue weighted by Gasteiger charge is 2.30. The van der Waals surface area contributed by atoms with Crippen molar-refractivity contribution < 1.29 is 14.4 Å². The fraction of sp³-hybridized carbons (Fsp3) is 0.536. The minimum absolute atomic E-state index is 0.168. The van der Waals surface area contributed by atoms with Crippen LogP contribution in [0.5, 0.6) is 0 Å². The number of nitrogens with zero attached hydrogens (tertiary/aromatic N) is 2. The van der Waals surface area contributed by atoms with Crippen LogP contribution in [0.15, 0.2) is 30.4 Å². The van der Waals surface area contributed by atoms with Gasteiger partial charge >= 0.3 is 0 Å². The summed E-state index contributed by atoms with van der Waals surface area (Å²) in [6, 6.07) is 6.87. The van der Waals surface area contributed by atoms with E-state index in [9.17, 15) is 14.4 Å². The third kappa shape index (κ3) is 7.86. The number of fused-ring (bicyclic) bond motifs is 1. The molecule has 1 aromatic carbocycles. The van der Waals surface area contributed by atoms with E-state index in [1.165, 1.54) is 16.9 Å². The van der Waals surface area contributed by atoms with Crippen molar-refractivity contribution in [1.82, 2.24) is 20.9 Å². The molecular formula is C28H37N5O3S. The maximum atomic E-state index is 13.5. The van der Waals surface area contributed by atoms with Crippen LogP contribution < -0.4 is 16.0 Å². The molecule has 1 aromatic heterocycles. The average molecular weight is 524 g/mol. The van der Waals surface area contributed by atoms with Gasteiger partial charge in [-0.05, 0) is 42.4 Å². The number of hydrogen-bond donors (Lipinski definition) is 3. The molecule has 0 unspecified atom stereocenters. The summed E-state index contributed by atoms with van der Waals surface area (Å²) in [4.78, 5) is 42.7. The van der Waals surface area contributed by atoms with Crippen LogP contribution in [0.1, 0.15) is 75.8 Å². The number of aromatic nitrogens is 1. The molecule has 0 saturated heterocycles. The van der Waals surface area contributed by atoms with Gasteiger partial charge in [0.1, 0.15) is 17.7 Å². The van der Waals surface area contributed by atoms with Gasteiger partial charge in [0.25, 0.3) is 5.91 Å². The molecule has 37 heavy (non-hydrogen) atoms. The van der Waals surface area contributed by atoms with Gasteiger partial charge in [-0.2, -0.15) is 5.26 Å². The molecule has 1 aliphatic rings. The van der Waals surface area contributed by atoms with E-state index < -0.39 is 11.9 Å². The summed E-state index contributed by atoms with van der Waals surface area (Å²) >= 11 is 1.54. The number of thiazole rings is 1. The summed E-state index contributed by atoms with van der Waals surface area (Å²) in [5, 5.41) is 18.4. The first-order valence-corrected chi connectivity index (χ1v) is 13.9. The van der Waals surface area contributed by atoms with E-state index >= 15 is 0 Å². The van der Waals surface area contributed by atoms with Crippen LogP contribution >= 0.6 is 11.3 Å². The topological polar surface area (TPSA) is 124 Å². The Balaban J connectivity index is 1.78. The summed E-state index contributed by atoms with van der Waals surface area (Å²) in [5.74, 6) is -0.444. The zero-order chi connectivity index (χ0) is 26.9. The normalized spacial score (nSPS) is 15.5. The number of nitriles is 1. The summed E-state index contributed by atoms with van der Waals surface area (Å²) in [7, 11) is 0. The smallest absolute Gasteiger partial charge is 0.261 e. The summed E-state index contributed by atoms with van der Waals surface area (Å²) in [5.41, 5.74) is 1.94. The molecule has 8 nitrogen and oxygen atoms in total. The number of nitrogens with one attached hydrogen (secondary N) is 3. The molecule has 0 bridgehead atoms. The van der Waals surface area contributed by atoms with E-state index in [1.54, 1.807) is 13.0 Å². The SMILES string of the molecule is C=C(C#N)C(=O)NC[C@@H](NC(=O)[C@H](Cc1nc2ccc(C(C)C)cc2s1)NC(=O)CC)C1CCCCC1. The Morgan fingerprint density at radius 1 is 1.19 bits per heavy atom. The van der Waals surface area contributed by atoms with Gasteiger partial charge in [-0.25, -0.2) is 4.98 Å². The van der Waals surface area contributed by atoms with Gasteiger partial charge < -0.3 is 16.0 Å². The molecule has 0 spiro atoms. The monoisotopic (exact) mass is 523 g/mol. The number of carbonyl (C=O) groups excluding carboxylic acids is 3. The lowest BCUT2D eigenvalue weighted by Crippen LogP contribution is -2.55. The van der Waals surface area contributed by atoms with E-state index in [0.717, 1.165) is 47.3 Å². The summed E-state index contributed by atoms with van der Waals surface area (Å²) in [6.07, 6.45) is 5.72. The second-order valence-corrected chi connectivity index (χ2v) is 11.1. The van der Waals surface area contributed by atoms with E-state index in [1.807, 2.05) is 6.07 Å². The minimum Gasteiger partial charge on any atom is -0.350 e. The van der Waals surface area contributed by atoms with Gasteiger partial charge in [0.15, 0.2) is 0 Å². The number of carbonyl (C=O) groups is 3. The molecular weight excluding hydrogens is 486 g/mol. The Morgan fingerprint density at radius 3 is 2.57 bits per heavy atom. The first-order chi connectivity index (χ1) is 17.7. The molecule has 3 N–H and O–H groups in total. The predicted molar refractivity (Wildman–Crippen MR) is 146 cm³/mol. The molecule has 198 valence electrons. The molecule has 1 saturated carbocycles. The molecule has 0 radical (unpaired) electrons. The van der Waals surface area contributed by atoms with E-state index in [-0.39, 0.29) is 48.7 Å². The van der Waals surface area contributed by atoms with Crippen LogP contribution in [0.2, 0.25) is 0 Å². The van der Waals surface area contributed by atoms with Crippen molar-refractivity contribution >= 4 is 39.3 Å². The molecule has 2 aromatic rings. The molecule has 0 aliphatic heterocycles. The molecule has 1 aliphatic carbocycles. The lowest BCUT2D eigenvalue weighted by atomic mass is 9.83. The van der Waals surface area contributed by atoms with E-state index in [0.29, 0.717) is 5.92 Å². The Bertz CT molecular complexity index is 1180. The number of amides is 3. The molecule has 3 amide bonds. The van der Waals surface area contributed by atoms with Gasteiger partial charge in [0.05, 0.1) is 15.2 Å². The van der Waals surface area contributed by atoms with Crippen LogP contribution in [-0.2, 0) is 20.8 Å². The lowest BCUT2D eigenvalue weighted by Gasteiger charge is -2.32. The Morgan fingerprint density at radius 2 is 1.92 bits per heavy atom. The Hall–Kier alpha value is -3.25. The minimum atomic E-state index is -0.784. The van der Waals surface area contributed by atoms with Crippen molar-refractivity contribution in [2.45, 2.75) is 83.7 Å². The van der Waals surface area contributed by atoms with Crippen molar-refractivity contribution in [2.24, 2.45) is 5.92 Å². The lowest BCUT2D eigenvalue weighted by molar-refractivity contribution is -0.129. The predicted octanol–water partition coefficient (Wildman–Crippen LogP) is 4.12. The standard InChI is InChI=1S/C28H37N5O3S/c1-5-25(34)31-22(14-26-32-21-12-11-20(17(2)3)13-24(21)37-26)28(36)33-23(19-9-7-6-8-10-19)16-30-27(35)18(4)15-29/h11-13,17,19,22-23H,4-10,14,16H2,1-3H3,(H,30,35)(H,31,34)(H,33,36)/t22-,23+/m0/s1. The van der Waals surface area contributed by atoms with Crippen molar-refractivity contribution in [3.8, 4) is 6.07 Å². The van der Waals surface area contributed by atoms with Crippen molar-refractivity contribution in [1.29, 1.82) is 5.26 Å². The number of hydrogen-bond acceptors (Lipinski definition) is 6. The second kappa shape index (κ2) is 13.3. The summed E-state index contributed by atoms with van der Waals surface area (Å²) < 4.78 is 1.06. The van der Waals surface area contributed by atoms with Crippen molar-refractivity contribution in [3.05, 3.63) is 40.9 Å². The maximum absolute atomic E-state index is 13.5. The van der Waals surface area contributed by atoms with Crippen LogP contribution in [-0.4, -0.2) is 41.3 Å². The van der Waals surface area contributed by atoms with Crippen LogP contribution in [0.4, 0.5) is 0 Å².